The molecule has 0 fully saturated rings. The van der Waals surface area contributed by atoms with Gasteiger partial charge in [-0.2, -0.15) is 5.10 Å². The molecule has 2 heterocycles. The molecule has 0 bridgehead atoms. The van der Waals surface area contributed by atoms with Gasteiger partial charge in [0.2, 0.25) is 5.91 Å². The third kappa shape index (κ3) is 3.64. The largest absolute Gasteiger partial charge is 0.348 e. The van der Waals surface area contributed by atoms with Crippen LogP contribution in [-0.4, -0.2) is 25.2 Å². The van der Waals surface area contributed by atoms with Gasteiger partial charge < -0.3 is 9.88 Å². The number of amides is 1. The standard InChI is InChI=1S/C18H19N5O3/c1-13(15-6-5-7-16(10-15)21-8-3-4-9-21)20-18(24)12-22-14(2)17(11-19-22)23(25)26/h3-11,13H,12H2,1-2H3,(H,20,24). The Bertz CT molecular complexity index is 930. The van der Waals surface area contributed by atoms with Crippen molar-refractivity contribution < 1.29 is 9.72 Å². The summed E-state index contributed by atoms with van der Waals surface area (Å²) in [5, 5.41) is 17.7. The number of carbonyl (C=O) groups is 1. The molecule has 0 saturated heterocycles. The van der Waals surface area contributed by atoms with Crippen LogP contribution in [0.1, 0.15) is 24.2 Å². The summed E-state index contributed by atoms with van der Waals surface area (Å²) in [5.74, 6) is -0.259. The van der Waals surface area contributed by atoms with E-state index in [1.54, 1.807) is 6.92 Å². The normalized spacial score (nSPS) is 11.9. The summed E-state index contributed by atoms with van der Waals surface area (Å²) in [6, 6.07) is 11.6. The van der Waals surface area contributed by atoms with Gasteiger partial charge in [0, 0.05) is 18.1 Å². The van der Waals surface area contributed by atoms with E-state index in [9.17, 15) is 14.9 Å². The fraction of sp³-hybridized carbons (Fsp3) is 0.222. The van der Waals surface area contributed by atoms with Crippen LogP contribution in [0.2, 0.25) is 0 Å². The maximum atomic E-state index is 12.3. The SMILES string of the molecule is Cc1c([N+](=O)[O-])cnn1CC(=O)NC(C)c1cccc(-n2cccc2)c1. The van der Waals surface area contributed by atoms with Crippen LogP contribution in [0.25, 0.3) is 5.69 Å². The lowest BCUT2D eigenvalue weighted by Crippen LogP contribution is -2.30. The number of nitrogens with one attached hydrogen (secondary N) is 1. The minimum absolute atomic E-state index is 0.0682. The molecule has 0 saturated carbocycles. The van der Waals surface area contributed by atoms with E-state index < -0.39 is 4.92 Å². The maximum absolute atomic E-state index is 12.3. The van der Waals surface area contributed by atoms with Crippen molar-refractivity contribution >= 4 is 11.6 Å². The molecular formula is C18H19N5O3. The number of benzene rings is 1. The number of rotatable bonds is 6. The third-order valence-corrected chi connectivity index (χ3v) is 4.22. The Kier molecular flexibility index (Phi) is 4.83. The third-order valence-electron chi connectivity index (χ3n) is 4.22. The van der Waals surface area contributed by atoms with E-state index in [0.717, 1.165) is 17.4 Å². The fourth-order valence-electron chi connectivity index (χ4n) is 2.74. The number of hydrogen-bond donors (Lipinski definition) is 1. The molecule has 0 spiro atoms. The highest BCUT2D eigenvalue weighted by Crippen LogP contribution is 2.18. The van der Waals surface area contributed by atoms with Gasteiger partial charge >= 0.3 is 5.69 Å². The second-order valence-electron chi connectivity index (χ2n) is 6.00. The Morgan fingerprint density at radius 3 is 2.69 bits per heavy atom. The number of hydrogen-bond acceptors (Lipinski definition) is 4. The molecule has 1 atom stereocenters. The zero-order chi connectivity index (χ0) is 18.7. The second-order valence-corrected chi connectivity index (χ2v) is 6.00. The highest BCUT2D eigenvalue weighted by atomic mass is 16.6. The van der Waals surface area contributed by atoms with Crippen LogP contribution in [-0.2, 0) is 11.3 Å². The molecule has 1 unspecified atom stereocenters. The average molecular weight is 353 g/mol. The predicted molar refractivity (Wildman–Crippen MR) is 95.9 cm³/mol. The molecule has 8 heteroatoms. The van der Waals surface area contributed by atoms with Gasteiger partial charge in [-0.15, -0.1) is 0 Å². The highest BCUT2D eigenvalue weighted by Gasteiger charge is 2.18. The maximum Gasteiger partial charge on any atom is 0.309 e. The van der Waals surface area contributed by atoms with E-state index in [0.29, 0.717) is 5.69 Å². The summed E-state index contributed by atoms with van der Waals surface area (Å²) in [6.07, 6.45) is 5.07. The number of aromatic nitrogens is 3. The molecule has 0 aliphatic carbocycles. The summed E-state index contributed by atoms with van der Waals surface area (Å²) in [6.45, 7) is 3.40. The number of carbonyl (C=O) groups excluding carboxylic acids is 1. The monoisotopic (exact) mass is 353 g/mol. The quantitative estimate of drug-likeness (QED) is 0.544. The average Bonchev–Trinajstić information content (AvgIpc) is 3.26. The summed E-state index contributed by atoms with van der Waals surface area (Å²) in [5.41, 5.74) is 2.23. The van der Waals surface area contributed by atoms with Crippen molar-refractivity contribution in [2.75, 3.05) is 0 Å². The first kappa shape index (κ1) is 17.4. The van der Waals surface area contributed by atoms with E-state index in [2.05, 4.69) is 10.4 Å². The van der Waals surface area contributed by atoms with Gasteiger partial charge in [-0.3, -0.25) is 19.6 Å². The highest BCUT2D eigenvalue weighted by molar-refractivity contribution is 5.76. The molecule has 2 aromatic heterocycles. The zero-order valence-electron chi connectivity index (χ0n) is 14.5. The van der Waals surface area contributed by atoms with Crippen molar-refractivity contribution in [3.8, 4) is 5.69 Å². The summed E-state index contributed by atoms with van der Waals surface area (Å²) >= 11 is 0. The smallest absolute Gasteiger partial charge is 0.309 e. The lowest BCUT2D eigenvalue weighted by molar-refractivity contribution is -0.385. The van der Waals surface area contributed by atoms with Crippen molar-refractivity contribution in [1.82, 2.24) is 19.7 Å². The number of nitro groups is 1. The van der Waals surface area contributed by atoms with Crippen molar-refractivity contribution in [1.29, 1.82) is 0 Å². The van der Waals surface area contributed by atoms with Crippen LogP contribution in [0.5, 0.6) is 0 Å². The molecule has 0 aliphatic rings. The van der Waals surface area contributed by atoms with Gasteiger partial charge in [0.05, 0.1) is 11.0 Å². The molecule has 0 aliphatic heterocycles. The van der Waals surface area contributed by atoms with E-state index in [1.807, 2.05) is 60.3 Å². The minimum atomic E-state index is -0.508. The number of nitrogens with zero attached hydrogens (tertiary/aromatic N) is 4. The van der Waals surface area contributed by atoms with Gasteiger partial charge in [-0.25, -0.2) is 0 Å². The molecular weight excluding hydrogens is 334 g/mol. The zero-order valence-corrected chi connectivity index (χ0v) is 14.5. The van der Waals surface area contributed by atoms with Gasteiger partial charge in [0.15, 0.2) is 0 Å². The van der Waals surface area contributed by atoms with Crippen LogP contribution in [0.15, 0.2) is 55.0 Å². The molecule has 8 nitrogen and oxygen atoms in total. The van der Waals surface area contributed by atoms with E-state index in [-0.39, 0.29) is 24.2 Å². The Balaban J connectivity index is 1.68. The molecule has 1 N–H and O–H groups in total. The van der Waals surface area contributed by atoms with Crippen molar-refractivity contribution in [2.45, 2.75) is 26.4 Å². The Labute approximate surface area is 150 Å². The van der Waals surface area contributed by atoms with Crippen LogP contribution in [0, 0.1) is 17.0 Å². The lowest BCUT2D eigenvalue weighted by atomic mass is 10.1. The fourth-order valence-corrected chi connectivity index (χ4v) is 2.74. The molecule has 134 valence electrons. The molecule has 3 rings (SSSR count). The Hall–Kier alpha value is -3.42. The van der Waals surface area contributed by atoms with Crippen LogP contribution >= 0.6 is 0 Å². The second kappa shape index (κ2) is 7.22. The first-order valence-corrected chi connectivity index (χ1v) is 8.15. The van der Waals surface area contributed by atoms with E-state index in [4.69, 9.17) is 0 Å². The van der Waals surface area contributed by atoms with Crippen molar-refractivity contribution in [3.05, 3.63) is 76.4 Å². The van der Waals surface area contributed by atoms with Crippen molar-refractivity contribution in [3.63, 3.8) is 0 Å². The van der Waals surface area contributed by atoms with Gasteiger partial charge in [-0.05, 0) is 43.7 Å². The predicted octanol–water partition coefficient (Wildman–Crippen LogP) is 2.77. The topological polar surface area (TPSA) is 95.0 Å². The molecule has 3 aromatic rings. The molecule has 26 heavy (non-hydrogen) atoms. The van der Waals surface area contributed by atoms with Crippen LogP contribution in [0.4, 0.5) is 5.69 Å². The summed E-state index contributed by atoms with van der Waals surface area (Å²) < 4.78 is 3.32. The molecule has 1 amide bonds. The van der Waals surface area contributed by atoms with Gasteiger partial charge in [0.1, 0.15) is 18.4 Å². The minimum Gasteiger partial charge on any atom is -0.348 e. The molecule has 1 aromatic carbocycles. The van der Waals surface area contributed by atoms with E-state index >= 15 is 0 Å². The van der Waals surface area contributed by atoms with Crippen molar-refractivity contribution in [2.24, 2.45) is 0 Å². The summed E-state index contributed by atoms with van der Waals surface area (Å²) in [4.78, 5) is 22.6. The van der Waals surface area contributed by atoms with Gasteiger partial charge in [-0.1, -0.05) is 12.1 Å². The molecule has 0 radical (unpaired) electrons. The first-order chi connectivity index (χ1) is 12.5. The summed E-state index contributed by atoms with van der Waals surface area (Å²) in [7, 11) is 0. The Morgan fingerprint density at radius 1 is 1.31 bits per heavy atom. The first-order valence-electron chi connectivity index (χ1n) is 8.15. The van der Waals surface area contributed by atoms with Crippen LogP contribution < -0.4 is 5.32 Å². The van der Waals surface area contributed by atoms with Gasteiger partial charge in [0.25, 0.3) is 0 Å². The Morgan fingerprint density at radius 2 is 2.04 bits per heavy atom. The van der Waals surface area contributed by atoms with E-state index in [1.165, 1.54) is 4.68 Å². The van der Waals surface area contributed by atoms with Crippen LogP contribution in [0.3, 0.4) is 0 Å². The lowest BCUT2D eigenvalue weighted by Gasteiger charge is -2.16.